The van der Waals surface area contributed by atoms with Gasteiger partial charge in [-0.15, -0.1) is 0 Å². The van der Waals surface area contributed by atoms with E-state index in [9.17, 15) is 4.79 Å². The lowest BCUT2D eigenvalue weighted by Gasteiger charge is -2.52. The van der Waals surface area contributed by atoms with Gasteiger partial charge in [0, 0.05) is 12.8 Å². The smallest absolute Gasteiger partial charge is 0.132 e. The quantitative estimate of drug-likeness (QED) is 0.591. The van der Waals surface area contributed by atoms with Crippen molar-refractivity contribution < 1.29 is 4.79 Å². The summed E-state index contributed by atoms with van der Waals surface area (Å²) in [4.78, 5) is 11.4. The lowest BCUT2D eigenvalue weighted by molar-refractivity contribution is -0.126. The molecule has 0 aromatic rings. The van der Waals surface area contributed by atoms with Gasteiger partial charge in [0.2, 0.25) is 0 Å². The van der Waals surface area contributed by atoms with Crippen LogP contribution in [0.25, 0.3) is 0 Å². The van der Waals surface area contributed by atoms with Crippen molar-refractivity contribution in [3.63, 3.8) is 0 Å². The maximum atomic E-state index is 11.4. The zero-order chi connectivity index (χ0) is 11.1. The van der Waals surface area contributed by atoms with Crippen molar-refractivity contribution in [1.29, 1.82) is 0 Å². The first-order valence-electron chi connectivity index (χ1n) is 6.58. The van der Waals surface area contributed by atoms with E-state index in [0.29, 0.717) is 11.2 Å². The summed E-state index contributed by atoms with van der Waals surface area (Å²) in [5.41, 5.74) is 0.506. The molecular formula is C14H24O. The van der Waals surface area contributed by atoms with Gasteiger partial charge in [0.15, 0.2) is 0 Å². The predicted molar refractivity (Wildman–Crippen MR) is 62.6 cm³/mol. The van der Waals surface area contributed by atoms with Crippen molar-refractivity contribution in [2.75, 3.05) is 0 Å². The Morgan fingerprint density at radius 3 is 2.27 bits per heavy atom. The third kappa shape index (κ3) is 1.74. The minimum atomic E-state index is 0.498. The highest BCUT2D eigenvalue weighted by Gasteiger charge is 2.47. The molecule has 0 aromatic carbocycles. The Balaban J connectivity index is 2.18. The molecule has 0 bridgehead atoms. The molecule has 2 aliphatic carbocycles. The van der Waals surface area contributed by atoms with Gasteiger partial charge < -0.3 is 0 Å². The van der Waals surface area contributed by atoms with Gasteiger partial charge in [0.25, 0.3) is 0 Å². The van der Waals surface area contributed by atoms with Crippen LogP contribution in [0.1, 0.15) is 59.3 Å². The standard InChI is InChI=1S/C14H24O/c1-10-4-5-11(2)14(12(10)3)8-6-13(15)7-9-14/h10-12H,4-9H2,1-3H3. The maximum Gasteiger partial charge on any atom is 0.132 e. The Labute approximate surface area is 93.6 Å². The number of ketones is 1. The van der Waals surface area contributed by atoms with Gasteiger partial charge in [-0.05, 0) is 42.4 Å². The Morgan fingerprint density at radius 2 is 1.67 bits per heavy atom. The van der Waals surface area contributed by atoms with Crippen LogP contribution in [0.2, 0.25) is 0 Å². The van der Waals surface area contributed by atoms with Crippen molar-refractivity contribution in [2.24, 2.45) is 23.2 Å². The van der Waals surface area contributed by atoms with Gasteiger partial charge in [-0.1, -0.05) is 27.2 Å². The molecule has 0 aliphatic heterocycles. The van der Waals surface area contributed by atoms with Crippen LogP contribution in [0.15, 0.2) is 0 Å². The molecular weight excluding hydrogens is 184 g/mol. The third-order valence-corrected chi connectivity index (χ3v) is 5.54. The van der Waals surface area contributed by atoms with Crippen molar-refractivity contribution in [1.82, 2.24) is 0 Å². The molecule has 15 heavy (non-hydrogen) atoms. The monoisotopic (exact) mass is 208 g/mol. The number of carbonyl (C=O) groups is 1. The van der Waals surface area contributed by atoms with Gasteiger partial charge >= 0.3 is 0 Å². The summed E-state index contributed by atoms with van der Waals surface area (Å²) < 4.78 is 0. The summed E-state index contributed by atoms with van der Waals surface area (Å²) in [6.45, 7) is 7.24. The molecule has 1 heteroatoms. The van der Waals surface area contributed by atoms with Crippen LogP contribution >= 0.6 is 0 Å². The number of carbonyl (C=O) groups excluding carboxylic acids is 1. The van der Waals surface area contributed by atoms with Crippen molar-refractivity contribution in [2.45, 2.75) is 59.3 Å². The average molecular weight is 208 g/mol. The maximum absolute atomic E-state index is 11.4. The molecule has 2 fully saturated rings. The van der Waals surface area contributed by atoms with Crippen LogP contribution in [0, 0.1) is 23.2 Å². The van der Waals surface area contributed by atoms with E-state index in [1.54, 1.807) is 0 Å². The third-order valence-electron chi connectivity index (χ3n) is 5.54. The van der Waals surface area contributed by atoms with E-state index < -0.39 is 0 Å². The highest BCUT2D eigenvalue weighted by atomic mass is 16.1. The van der Waals surface area contributed by atoms with E-state index in [1.165, 1.54) is 25.7 Å². The van der Waals surface area contributed by atoms with E-state index in [1.807, 2.05) is 0 Å². The molecule has 0 aromatic heterocycles. The molecule has 1 nitrogen and oxygen atoms in total. The predicted octanol–water partition coefficient (Wildman–Crippen LogP) is 3.82. The second kappa shape index (κ2) is 3.92. The Morgan fingerprint density at radius 1 is 1.07 bits per heavy atom. The lowest BCUT2D eigenvalue weighted by atomic mass is 9.52. The zero-order valence-corrected chi connectivity index (χ0v) is 10.4. The van der Waals surface area contributed by atoms with E-state index in [0.717, 1.165) is 30.6 Å². The van der Waals surface area contributed by atoms with E-state index in [-0.39, 0.29) is 0 Å². The number of Topliss-reactive ketones (excluding diaryl/α,β-unsaturated/α-hetero) is 1. The minimum absolute atomic E-state index is 0.498. The van der Waals surface area contributed by atoms with Crippen LogP contribution in [0.5, 0.6) is 0 Å². The topological polar surface area (TPSA) is 17.1 Å². The molecule has 0 saturated heterocycles. The molecule has 3 unspecified atom stereocenters. The molecule has 0 heterocycles. The van der Waals surface area contributed by atoms with Gasteiger partial charge in [-0.25, -0.2) is 0 Å². The molecule has 2 saturated carbocycles. The van der Waals surface area contributed by atoms with Gasteiger partial charge in [-0.2, -0.15) is 0 Å². The van der Waals surface area contributed by atoms with E-state index in [2.05, 4.69) is 20.8 Å². The van der Waals surface area contributed by atoms with Crippen molar-refractivity contribution >= 4 is 5.78 Å². The molecule has 1 spiro atoms. The van der Waals surface area contributed by atoms with Gasteiger partial charge in [-0.3, -0.25) is 4.79 Å². The summed E-state index contributed by atoms with van der Waals surface area (Å²) in [6, 6.07) is 0. The number of hydrogen-bond donors (Lipinski definition) is 0. The fourth-order valence-electron chi connectivity index (χ4n) is 4.01. The largest absolute Gasteiger partial charge is 0.300 e. The zero-order valence-electron chi connectivity index (χ0n) is 10.4. The average Bonchev–Trinajstić information content (AvgIpc) is 2.24. The Hall–Kier alpha value is -0.330. The van der Waals surface area contributed by atoms with E-state index in [4.69, 9.17) is 0 Å². The molecule has 86 valence electrons. The van der Waals surface area contributed by atoms with Gasteiger partial charge in [0.1, 0.15) is 5.78 Å². The lowest BCUT2D eigenvalue weighted by Crippen LogP contribution is -2.45. The molecule has 0 radical (unpaired) electrons. The molecule has 2 aliphatic rings. The summed E-state index contributed by atoms with van der Waals surface area (Å²) in [7, 11) is 0. The van der Waals surface area contributed by atoms with Crippen LogP contribution < -0.4 is 0 Å². The normalized spacial score (nSPS) is 40.7. The second-order valence-electron chi connectivity index (χ2n) is 6.02. The minimum Gasteiger partial charge on any atom is -0.300 e. The van der Waals surface area contributed by atoms with Gasteiger partial charge in [0.05, 0.1) is 0 Å². The van der Waals surface area contributed by atoms with Crippen molar-refractivity contribution in [3.8, 4) is 0 Å². The van der Waals surface area contributed by atoms with Crippen LogP contribution in [-0.2, 0) is 4.79 Å². The summed E-state index contributed by atoms with van der Waals surface area (Å²) in [5, 5.41) is 0. The first-order chi connectivity index (χ1) is 7.06. The highest BCUT2D eigenvalue weighted by Crippen LogP contribution is 2.55. The fourth-order valence-corrected chi connectivity index (χ4v) is 4.01. The van der Waals surface area contributed by atoms with Crippen LogP contribution in [-0.4, -0.2) is 5.78 Å². The first kappa shape index (κ1) is 11.2. The second-order valence-corrected chi connectivity index (χ2v) is 6.02. The summed E-state index contributed by atoms with van der Waals surface area (Å²) in [5.74, 6) is 3.00. The molecule has 0 N–H and O–H groups in total. The SMILES string of the molecule is CC1CCC(C)C2(CCC(=O)CC2)C1C. The number of rotatable bonds is 0. The van der Waals surface area contributed by atoms with E-state index >= 15 is 0 Å². The van der Waals surface area contributed by atoms with Crippen LogP contribution in [0.3, 0.4) is 0 Å². The summed E-state index contributed by atoms with van der Waals surface area (Å²) in [6.07, 6.45) is 6.79. The molecule has 3 atom stereocenters. The van der Waals surface area contributed by atoms with Crippen molar-refractivity contribution in [3.05, 3.63) is 0 Å². The highest BCUT2D eigenvalue weighted by molar-refractivity contribution is 5.79. The number of hydrogen-bond acceptors (Lipinski definition) is 1. The molecule has 2 rings (SSSR count). The van der Waals surface area contributed by atoms with Crippen LogP contribution in [0.4, 0.5) is 0 Å². The molecule has 0 amide bonds. The Kier molecular flexibility index (Phi) is 2.92. The Bertz CT molecular complexity index is 246. The first-order valence-corrected chi connectivity index (χ1v) is 6.58. The fraction of sp³-hybridized carbons (Fsp3) is 0.929. The summed E-state index contributed by atoms with van der Waals surface area (Å²) >= 11 is 0.